The molecule has 9 nitrogen and oxygen atoms in total. The van der Waals surface area contributed by atoms with Crippen LogP contribution < -0.4 is 16.4 Å². The van der Waals surface area contributed by atoms with Crippen LogP contribution in [0.5, 0.6) is 0 Å². The van der Waals surface area contributed by atoms with E-state index in [9.17, 15) is 9.59 Å². The average molecular weight is 457 g/mol. The van der Waals surface area contributed by atoms with Crippen molar-refractivity contribution in [2.75, 3.05) is 11.1 Å². The number of carbonyl (C=O) groups excluding carboxylic acids is 2. The van der Waals surface area contributed by atoms with Crippen molar-refractivity contribution in [1.82, 2.24) is 20.1 Å². The second kappa shape index (κ2) is 10.3. The molecule has 172 valence electrons. The number of amides is 2. The van der Waals surface area contributed by atoms with Crippen molar-refractivity contribution in [3.8, 4) is 5.69 Å². The Balaban J connectivity index is 1.30. The molecule has 0 aliphatic heterocycles. The van der Waals surface area contributed by atoms with Gasteiger partial charge in [0, 0.05) is 30.1 Å². The van der Waals surface area contributed by atoms with Crippen molar-refractivity contribution in [2.24, 2.45) is 0 Å². The maximum Gasteiger partial charge on any atom is 0.407 e. The molecule has 2 aromatic heterocycles. The maximum atomic E-state index is 12.6. The van der Waals surface area contributed by atoms with Crippen LogP contribution in [0.15, 0.2) is 79.3 Å². The Morgan fingerprint density at radius 2 is 1.79 bits per heavy atom. The Kier molecular flexibility index (Phi) is 6.83. The lowest BCUT2D eigenvalue weighted by molar-refractivity contribution is 0.102. The number of pyridine rings is 1. The molecular weight excluding hydrogens is 432 g/mol. The van der Waals surface area contributed by atoms with E-state index in [-0.39, 0.29) is 24.9 Å². The highest BCUT2D eigenvalue weighted by Gasteiger charge is 2.13. The molecule has 0 unspecified atom stereocenters. The molecule has 34 heavy (non-hydrogen) atoms. The molecule has 9 heteroatoms. The first-order chi connectivity index (χ1) is 16.5. The van der Waals surface area contributed by atoms with Crippen LogP contribution in [0.2, 0.25) is 0 Å². The summed E-state index contributed by atoms with van der Waals surface area (Å²) >= 11 is 0. The molecule has 2 aromatic carbocycles. The SMILES string of the molecule is Cc1ccc(-n2cc(N)c(NC(=O)c3ccc(CNC(=O)OCc4cccnc4)cc3)n2)cc1. The number of hydrogen-bond acceptors (Lipinski definition) is 6. The summed E-state index contributed by atoms with van der Waals surface area (Å²) in [6, 6.07) is 18.2. The van der Waals surface area contributed by atoms with Gasteiger partial charge in [-0.3, -0.25) is 9.78 Å². The molecule has 0 aliphatic rings. The molecule has 0 fully saturated rings. The van der Waals surface area contributed by atoms with Crippen molar-refractivity contribution in [3.63, 3.8) is 0 Å². The summed E-state index contributed by atoms with van der Waals surface area (Å²) in [5, 5.41) is 9.79. The first-order valence-corrected chi connectivity index (χ1v) is 10.6. The van der Waals surface area contributed by atoms with E-state index >= 15 is 0 Å². The Bertz CT molecular complexity index is 1270. The molecule has 0 bridgehead atoms. The molecule has 2 heterocycles. The van der Waals surface area contributed by atoms with E-state index in [1.807, 2.05) is 37.3 Å². The van der Waals surface area contributed by atoms with E-state index in [0.717, 1.165) is 22.4 Å². The van der Waals surface area contributed by atoms with Crippen LogP contribution in [0, 0.1) is 6.92 Å². The zero-order chi connectivity index (χ0) is 23.9. The molecule has 0 radical (unpaired) electrons. The van der Waals surface area contributed by atoms with Crippen LogP contribution in [-0.2, 0) is 17.9 Å². The maximum absolute atomic E-state index is 12.6. The van der Waals surface area contributed by atoms with Crippen molar-refractivity contribution in [2.45, 2.75) is 20.1 Å². The van der Waals surface area contributed by atoms with Crippen LogP contribution in [0.3, 0.4) is 0 Å². The molecule has 4 N–H and O–H groups in total. The number of nitrogens with two attached hydrogens (primary N) is 1. The summed E-state index contributed by atoms with van der Waals surface area (Å²) < 4.78 is 6.77. The number of aromatic nitrogens is 3. The van der Waals surface area contributed by atoms with Crippen LogP contribution in [0.4, 0.5) is 16.3 Å². The fourth-order valence-electron chi connectivity index (χ4n) is 3.13. The molecule has 0 spiro atoms. The van der Waals surface area contributed by atoms with Crippen LogP contribution >= 0.6 is 0 Å². The van der Waals surface area contributed by atoms with E-state index in [1.165, 1.54) is 0 Å². The number of nitrogens with one attached hydrogen (secondary N) is 2. The van der Waals surface area contributed by atoms with Crippen molar-refractivity contribution in [3.05, 3.63) is 102 Å². The molecule has 0 aliphatic carbocycles. The number of ether oxygens (including phenoxy) is 1. The first-order valence-electron chi connectivity index (χ1n) is 10.6. The number of nitrogens with zero attached hydrogens (tertiary/aromatic N) is 3. The van der Waals surface area contributed by atoms with Gasteiger partial charge in [-0.1, -0.05) is 35.9 Å². The topological polar surface area (TPSA) is 124 Å². The number of benzene rings is 2. The van der Waals surface area contributed by atoms with E-state index in [4.69, 9.17) is 10.5 Å². The third-order valence-corrected chi connectivity index (χ3v) is 5.02. The third kappa shape index (κ3) is 5.77. The van der Waals surface area contributed by atoms with Crippen LogP contribution in [-0.4, -0.2) is 26.8 Å². The van der Waals surface area contributed by atoms with Crippen molar-refractivity contribution >= 4 is 23.5 Å². The molecule has 4 aromatic rings. The molecular formula is C25H24N6O3. The summed E-state index contributed by atoms with van der Waals surface area (Å²) in [4.78, 5) is 28.5. The van der Waals surface area contributed by atoms with Gasteiger partial charge in [-0.15, -0.1) is 5.10 Å². The van der Waals surface area contributed by atoms with E-state index < -0.39 is 6.09 Å². The number of anilines is 2. The standard InChI is InChI=1S/C25H24N6O3/c1-17-4-10-21(11-5-17)31-15-22(26)23(30-31)29-24(32)20-8-6-18(7-9-20)14-28-25(33)34-16-19-3-2-12-27-13-19/h2-13,15H,14,16,26H2,1H3,(H,28,33)(H,29,30,32). The minimum atomic E-state index is -0.537. The van der Waals surface area contributed by atoms with Crippen LogP contribution in [0.1, 0.15) is 27.0 Å². The minimum absolute atomic E-state index is 0.140. The van der Waals surface area contributed by atoms with Gasteiger partial charge in [0.25, 0.3) is 5.91 Å². The third-order valence-electron chi connectivity index (χ3n) is 5.02. The summed E-state index contributed by atoms with van der Waals surface area (Å²) in [7, 11) is 0. The normalized spacial score (nSPS) is 10.5. The number of hydrogen-bond donors (Lipinski definition) is 3. The van der Waals surface area contributed by atoms with E-state index in [0.29, 0.717) is 11.3 Å². The Morgan fingerprint density at radius 3 is 2.50 bits per heavy atom. The highest BCUT2D eigenvalue weighted by Crippen LogP contribution is 2.20. The van der Waals surface area contributed by atoms with Gasteiger partial charge in [-0.2, -0.15) is 0 Å². The summed E-state index contributed by atoms with van der Waals surface area (Å²) in [5.41, 5.74) is 10.4. The molecule has 2 amide bonds. The fraction of sp³-hybridized carbons (Fsp3) is 0.120. The summed E-state index contributed by atoms with van der Waals surface area (Å²) in [6.45, 7) is 2.41. The Morgan fingerprint density at radius 1 is 1.03 bits per heavy atom. The number of nitrogen functional groups attached to an aromatic ring is 1. The quantitative estimate of drug-likeness (QED) is 0.388. The zero-order valence-electron chi connectivity index (χ0n) is 18.6. The second-order valence-corrected chi connectivity index (χ2v) is 7.66. The lowest BCUT2D eigenvalue weighted by Gasteiger charge is -2.08. The monoisotopic (exact) mass is 456 g/mol. The van der Waals surface area contributed by atoms with Crippen LogP contribution in [0.25, 0.3) is 5.69 Å². The molecule has 0 saturated carbocycles. The Hall–Kier alpha value is -4.66. The number of carbonyl (C=O) groups is 2. The van der Waals surface area contributed by atoms with E-state index in [1.54, 1.807) is 53.6 Å². The predicted molar refractivity (Wildman–Crippen MR) is 128 cm³/mol. The average Bonchev–Trinajstić information content (AvgIpc) is 3.22. The smallest absolute Gasteiger partial charge is 0.407 e. The first kappa shape index (κ1) is 22.5. The number of alkyl carbamates (subject to hydrolysis) is 1. The highest BCUT2D eigenvalue weighted by atomic mass is 16.5. The van der Waals surface area contributed by atoms with Gasteiger partial charge in [0.2, 0.25) is 0 Å². The van der Waals surface area contributed by atoms with Gasteiger partial charge in [-0.05, 0) is 42.8 Å². The fourth-order valence-corrected chi connectivity index (χ4v) is 3.13. The summed E-state index contributed by atoms with van der Waals surface area (Å²) in [5.74, 6) is -0.0519. The predicted octanol–water partition coefficient (Wildman–Crippen LogP) is 3.84. The zero-order valence-corrected chi connectivity index (χ0v) is 18.6. The van der Waals surface area contributed by atoms with Gasteiger partial charge in [0.05, 0.1) is 17.6 Å². The number of rotatable bonds is 7. The van der Waals surface area contributed by atoms with Crippen molar-refractivity contribution in [1.29, 1.82) is 0 Å². The van der Waals surface area contributed by atoms with Gasteiger partial charge in [0.1, 0.15) is 6.61 Å². The summed E-state index contributed by atoms with van der Waals surface area (Å²) in [6.07, 6.45) is 4.41. The number of aryl methyl sites for hydroxylation is 1. The van der Waals surface area contributed by atoms with Gasteiger partial charge in [0.15, 0.2) is 5.82 Å². The second-order valence-electron chi connectivity index (χ2n) is 7.66. The minimum Gasteiger partial charge on any atom is -0.445 e. The largest absolute Gasteiger partial charge is 0.445 e. The molecule has 0 atom stereocenters. The lowest BCUT2D eigenvalue weighted by atomic mass is 10.1. The molecule has 4 rings (SSSR count). The van der Waals surface area contributed by atoms with Crippen molar-refractivity contribution < 1.29 is 14.3 Å². The van der Waals surface area contributed by atoms with Gasteiger partial charge < -0.3 is 21.1 Å². The molecule has 0 saturated heterocycles. The lowest BCUT2D eigenvalue weighted by Crippen LogP contribution is -2.23. The Labute approximate surface area is 196 Å². The van der Waals surface area contributed by atoms with E-state index in [2.05, 4.69) is 20.7 Å². The van der Waals surface area contributed by atoms with Gasteiger partial charge >= 0.3 is 6.09 Å². The highest BCUT2D eigenvalue weighted by molar-refractivity contribution is 6.05. The van der Waals surface area contributed by atoms with Gasteiger partial charge in [-0.25, -0.2) is 9.48 Å².